The fourth-order valence-corrected chi connectivity index (χ4v) is 3.59. The van der Waals surface area contributed by atoms with E-state index in [9.17, 15) is 9.59 Å². The van der Waals surface area contributed by atoms with E-state index in [-0.39, 0.29) is 17.0 Å². The number of carbonyl (C=O) groups is 2. The molecule has 0 saturated heterocycles. The normalized spacial score (nSPS) is 36.9. The number of hydrogen-bond acceptors (Lipinski definition) is 2. The summed E-state index contributed by atoms with van der Waals surface area (Å²) in [5.41, 5.74) is 3.31. The van der Waals surface area contributed by atoms with E-state index < -0.39 is 0 Å². The fraction of sp³-hybridized carbons (Fsp3) is 0.600. The lowest BCUT2D eigenvalue weighted by Gasteiger charge is -2.04. The molecular weight excluding hydrogens is 272 g/mol. The first kappa shape index (κ1) is 16.9. The van der Waals surface area contributed by atoms with Gasteiger partial charge in [-0.2, -0.15) is 0 Å². The SMILES string of the molecule is C/C1=C\C(=O)C/C(C)=C/CC(=O)/C(C)=C/C2C(CC1)C2(C)C. The third kappa shape index (κ3) is 3.85. The van der Waals surface area contributed by atoms with Crippen LogP contribution in [0.4, 0.5) is 0 Å². The van der Waals surface area contributed by atoms with Crippen molar-refractivity contribution in [2.45, 2.75) is 60.3 Å². The summed E-state index contributed by atoms with van der Waals surface area (Å²) in [5, 5.41) is 0. The lowest BCUT2D eigenvalue weighted by molar-refractivity contribution is -0.115. The van der Waals surface area contributed by atoms with Crippen LogP contribution in [0.2, 0.25) is 0 Å². The molecule has 2 nitrogen and oxygen atoms in total. The number of fused-ring (bicyclic) bond motifs is 1. The smallest absolute Gasteiger partial charge is 0.162 e. The van der Waals surface area contributed by atoms with Crippen molar-refractivity contribution < 1.29 is 9.59 Å². The Morgan fingerprint density at radius 1 is 1.09 bits per heavy atom. The fourth-order valence-electron chi connectivity index (χ4n) is 3.59. The molecule has 1 saturated carbocycles. The molecule has 2 heteroatoms. The molecule has 0 heterocycles. The van der Waals surface area contributed by atoms with Crippen molar-refractivity contribution >= 4 is 11.6 Å². The molecule has 0 N–H and O–H groups in total. The summed E-state index contributed by atoms with van der Waals surface area (Å²) in [7, 11) is 0. The maximum absolute atomic E-state index is 12.2. The molecule has 2 aliphatic carbocycles. The maximum atomic E-state index is 12.2. The minimum absolute atomic E-state index is 0.148. The summed E-state index contributed by atoms with van der Waals surface area (Å²) < 4.78 is 0. The predicted octanol–water partition coefficient (Wildman–Crippen LogP) is 4.81. The molecule has 0 aromatic rings. The van der Waals surface area contributed by atoms with Gasteiger partial charge in [0, 0.05) is 12.8 Å². The van der Waals surface area contributed by atoms with E-state index in [1.165, 1.54) is 5.57 Å². The molecule has 120 valence electrons. The molecule has 22 heavy (non-hydrogen) atoms. The average Bonchev–Trinajstić information content (AvgIpc) is 2.92. The Morgan fingerprint density at radius 2 is 1.77 bits per heavy atom. The van der Waals surface area contributed by atoms with E-state index in [0.29, 0.717) is 24.7 Å². The highest BCUT2D eigenvalue weighted by molar-refractivity contribution is 5.96. The molecule has 0 spiro atoms. The van der Waals surface area contributed by atoms with Gasteiger partial charge >= 0.3 is 0 Å². The lowest BCUT2D eigenvalue weighted by atomic mass is 10.0. The Bertz CT molecular complexity index is 573. The number of rotatable bonds is 0. The monoisotopic (exact) mass is 300 g/mol. The molecule has 2 aliphatic rings. The summed E-state index contributed by atoms with van der Waals surface area (Å²) >= 11 is 0. The average molecular weight is 300 g/mol. The molecule has 0 radical (unpaired) electrons. The van der Waals surface area contributed by atoms with Crippen LogP contribution >= 0.6 is 0 Å². The summed E-state index contributed by atoms with van der Waals surface area (Å²) in [4.78, 5) is 24.3. The first-order chi connectivity index (χ1) is 10.2. The van der Waals surface area contributed by atoms with Crippen LogP contribution in [0.5, 0.6) is 0 Å². The first-order valence-corrected chi connectivity index (χ1v) is 8.29. The molecule has 0 aromatic carbocycles. The second-order valence-electron chi connectivity index (χ2n) is 7.65. The van der Waals surface area contributed by atoms with Gasteiger partial charge in [0.05, 0.1) is 0 Å². The number of hydrogen-bond donors (Lipinski definition) is 0. The Kier molecular flexibility index (Phi) is 4.89. The van der Waals surface area contributed by atoms with Gasteiger partial charge in [-0.25, -0.2) is 0 Å². The lowest BCUT2D eigenvalue weighted by Crippen LogP contribution is -2.01. The minimum atomic E-state index is 0.148. The van der Waals surface area contributed by atoms with Crippen LogP contribution in [0.1, 0.15) is 60.3 Å². The quantitative estimate of drug-likeness (QED) is 0.602. The van der Waals surface area contributed by atoms with E-state index in [4.69, 9.17) is 0 Å². The summed E-state index contributed by atoms with van der Waals surface area (Å²) in [6.45, 7) is 10.5. The van der Waals surface area contributed by atoms with Gasteiger partial charge < -0.3 is 0 Å². The van der Waals surface area contributed by atoms with Crippen LogP contribution in [0.3, 0.4) is 0 Å². The van der Waals surface area contributed by atoms with Gasteiger partial charge in [-0.3, -0.25) is 9.59 Å². The molecule has 0 aliphatic heterocycles. The van der Waals surface area contributed by atoms with Crippen molar-refractivity contribution in [1.82, 2.24) is 0 Å². The van der Waals surface area contributed by atoms with E-state index in [2.05, 4.69) is 26.8 Å². The number of carbonyl (C=O) groups excluding carboxylic acids is 2. The van der Waals surface area contributed by atoms with Crippen LogP contribution in [0.25, 0.3) is 0 Å². The van der Waals surface area contributed by atoms with Gasteiger partial charge in [0.25, 0.3) is 0 Å². The maximum Gasteiger partial charge on any atom is 0.162 e. The van der Waals surface area contributed by atoms with Crippen molar-refractivity contribution in [1.29, 1.82) is 0 Å². The van der Waals surface area contributed by atoms with Crippen LogP contribution < -0.4 is 0 Å². The van der Waals surface area contributed by atoms with Gasteiger partial charge in [0.2, 0.25) is 0 Å². The first-order valence-electron chi connectivity index (χ1n) is 8.29. The molecule has 0 bridgehead atoms. The molecule has 2 atom stereocenters. The third-order valence-electron chi connectivity index (χ3n) is 5.35. The highest BCUT2D eigenvalue weighted by Gasteiger charge is 2.55. The van der Waals surface area contributed by atoms with Crippen LogP contribution in [0, 0.1) is 17.3 Å². The Labute approximate surface area is 134 Å². The molecule has 0 amide bonds. The molecule has 0 aromatic heterocycles. The van der Waals surface area contributed by atoms with Gasteiger partial charge in [-0.1, -0.05) is 37.1 Å². The Morgan fingerprint density at radius 3 is 2.45 bits per heavy atom. The summed E-state index contributed by atoms with van der Waals surface area (Å²) in [6, 6.07) is 0. The number of ketones is 2. The van der Waals surface area contributed by atoms with Gasteiger partial charge in [-0.05, 0) is 62.5 Å². The van der Waals surface area contributed by atoms with E-state index in [1.807, 2.05) is 19.9 Å². The predicted molar refractivity (Wildman–Crippen MR) is 90.5 cm³/mol. The van der Waals surface area contributed by atoms with Gasteiger partial charge in [0.15, 0.2) is 11.6 Å². The van der Waals surface area contributed by atoms with Gasteiger partial charge in [0.1, 0.15) is 0 Å². The molecule has 2 rings (SSSR count). The highest BCUT2D eigenvalue weighted by atomic mass is 16.1. The second-order valence-corrected chi connectivity index (χ2v) is 7.65. The van der Waals surface area contributed by atoms with Crippen LogP contribution in [-0.2, 0) is 9.59 Å². The number of allylic oxidation sites excluding steroid dienone is 6. The van der Waals surface area contributed by atoms with Crippen molar-refractivity contribution in [3.8, 4) is 0 Å². The zero-order valence-electron chi connectivity index (χ0n) is 14.5. The van der Waals surface area contributed by atoms with Crippen molar-refractivity contribution in [2.75, 3.05) is 0 Å². The second kappa shape index (κ2) is 6.36. The highest BCUT2D eigenvalue weighted by Crippen LogP contribution is 2.61. The van der Waals surface area contributed by atoms with Gasteiger partial charge in [-0.15, -0.1) is 0 Å². The number of Topliss-reactive ketones (excluding diaryl/α,β-unsaturated/α-hetero) is 1. The Balaban J connectivity index is 2.25. The van der Waals surface area contributed by atoms with E-state index >= 15 is 0 Å². The topological polar surface area (TPSA) is 34.1 Å². The standard InChI is InChI=1S/C20H28O2/c1-13-6-8-17-18(20(17,4)5)12-15(3)19(22)9-7-14(2)11-16(21)10-13/h7,10,12,17-18H,6,8-9,11H2,1-5H3/b13-10+,14-7+,15-12+. The van der Waals surface area contributed by atoms with E-state index in [1.54, 1.807) is 6.08 Å². The Hall–Kier alpha value is -1.44. The molecule has 1 fully saturated rings. The van der Waals surface area contributed by atoms with Crippen molar-refractivity contribution in [2.24, 2.45) is 17.3 Å². The van der Waals surface area contributed by atoms with Crippen molar-refractivity contribution in [3.05, 3.63) is 34.9 Å². The zero-order valence-corrected chi connectivity index (χ0v) is 14.5. The third-order valence-corrected chi connectivity index (χ3v) is 5.35. The van der Waals surface area contributed by atoms with Crippen LogP contribution in [0.15, 0.2) is 34.9 Å². The van der Waals surface area contributed by atoms with Crippen molar-refractivity contribution in [3.63, 3.8) is 0 Å². The zero-order chi connectivity index (χ0) is 16.5. The van der Waals surface area contributed by atoms with E-state index in [0.717, 1.165) is 24.0 Å². The minimum Gasteiger partial charge on any atom is -0.295 e. The molecular formula is C20H28O2. The van der Waals surface area contributed by atoms with Crippen LogP contribution in [-0.4, -0.2) is 11.6 Å². The largest absolute Gasteiger partial charge is 0.295 e. The molecule has 2 unspecified atom stereocenters. The summed E-state index contributed by atoms with van der Waals surface area (Å²) in [6.07, 6.45) is 8.78. The summed E-state index contributed by atoms with van der Waals surface area (Å²) in [5.74, 6) is 1.44.